The van der Waals surface area contributed by atoms with Gasteiger partial charge in [0.2, 0.25) is 0 Å². The smallest absolute Gasteiger partial charge is 0.142 e. The molecule has 3 aliphatic rings. The second-order valence-corrected chi connectivity index (χ2v) is 9.06. The molecule has 4 atom stereocenters. The number of piperazine rings is 1. The Kier molecular flexibility index (Phi) is 7.68. The van der Waals surface area contributed by atoms with Crippen LogP contribution in [0.15, 0.2) is 24.3 Å². The number of nitrogens with zero attached hydrogens (tertiary/aromatic N) is 3. The Bertz CT molecular complexity index is 692. The van der Waals surface area contributed by atoms with Gasteiger partial charge in [-0.25, -0.2) is 0 Å². The summed E-state index contributed by atoms with van der Waals surface area (Å²) in [5.41, 5.74) is 1.11. The van der Waals surface area contributed by atoms with E-state index < -0.39 is 12.2 Å². The number of anilines is 1. The summed E-state index contributed by atoms with van der Waals surface area (Å²) in [5, 5.41) is 24.3. The van der Waals surface area contributed by atoms with E-state index in [1.165, 1.54) is 0 Å². The van der Waals surface area contributed by atoms with Crippen LogP contribution in [0, 0.1) is 0 Å². The van der Waals surface area contributed by atoms with Gasteiger partial charge in [-0.1, -0.05) is 12.1 Å². The molecular formula is C23H38N4O4. The van der Waals surface area contributed by atoms with E-state index in [1.807, 2.05) is 18.2 Å². The van der Waals surface area contributed by atoms with Crippen molar-refractivity contribution in [1.82, 2.24) is 15.1 Å². The number of nitrogens with one attached hydrogen (secondary N) is 1. The second kappa shape index (κ2) is 10.5. The minimum absolute atomic E-state index is 0.101. The van der Waals surface area contributed by atoms with Crippen molar-refractivity contribution in [3.8, 4) is 5.75 Å². The number of para-hydroxylation sites is 2. The van der Waals surface area contributed by atoms with Gasteiger partial charge in [-0.3, -0.25) is 4.90 Å². The highest BCUT2D eigenvalue weighted by Gasteiger charge is 2.46. The molecule has 0 aromatic heterocycles. The van der Waals surface area contributed by atoms with Crippen LogP contribution in [0.1, 0.15) is 12.8 Å². The molecule has 0 amide bonds. The van der Waals surface area contributed by atoms with Crippen LogP contribution < -0.4 is 15.0 Å². The largest absolute Gasteiger partial charge is 0.495 e. The summed E-state index contributed by atoms with van der Waals surface area (Å²) < 4.78 is 11.6. The first-order valence-corrected chi connectivity index (χ1v) is 11.6. The van der Waals surface area contributed by atoms with Crippen LogP contribution in [0.2, 0.25) is 0 Å². The predicted octanol–water partition coefficient (Wildman–Crippen LogP) is -0.00980. The number of aliphatic hydroxyl groups is 2. The quantitative estimate of drug-likeness (QED) is 0.553. The third kappa shape index (κ3) is 5.16. The van der Waals surface area contributed by atoms with Crippen molar-refractivity contribution < 1.29 is 19.7 Å². The average molecular weight is 435 g/mol. The first-order valence-electron chi connectivity index (χ1n) is 11.6. The summed E-state index contributed by atoms with van der Waals surface area (Å²) in [4.78, 5) is 7.04. The van der Waals surface area contributed by atoms with Gasteiger partial charge in [-0.15, -0.1) is 0 Å². The second-order valence-electron chi connectivity index (χ2n) is 9.06. The van der Waals surface area contributed by atoms with Crippen LogP contribution in [0.5, 0.6) is 5.75 Å². The minimum Gasteiger partial charge on any atom is -0.495 e. The summed E-state index contributed by atoms with van der Waals surface area (Å²) >= 11 is 0. The first kappa shape index (κ1) is 22.8. The monoisotopic (exact) mass is 434 g/mol. The summed E-state index contributed by atoms with van der Waals surface area (Å²) in [6, 6.07) is 8.51. The molecule has 0 unspecified atom stereocenters. The number of aliphatic hydroxyl groups excluding tert-OH is 2. The zero-order valence-corrected chi connectivity index (χ0v) is 18.8. The molecule has 1 aromatic rings. The number of ether oxygens (including phenoxy) is 2. The third-order valence-electron chi connectivity index (χ3n) is 7.13. The van der Waals surface area contributed by atoms with Crippen molar-refractivity contribution in [2.75, 3.05) is 71.5 Å². The van der Waals surface area contributed by atoms with Crippen LogP contribution in [0.25, 0.3) is 0 Å². The van der Waals surface area contributed by atoms with Gasteiger partial charge in [0.05, 0.1) is 31.5 Å². The van der Waals surface area contributed by atoms with E-state index in [-0.39, 0.29) is 18.8 Å². The summed E-state index contributed by atoms with van der Waals surface area (Å²) in [5.74, 6) is 0.890. The van der Waals surface area contributed by atoms with E-state index in [0.717, 1.165) is 63.5 Å². The third-order valence-corrected chi connectivity index (χ3v) is 7.13. The fourth-order valence-corrected chi connectivity index (χ4v) is 5.24. The van der Waals surface area contributed by atoms with E-state index in [9.17, 15) is 10.2 Å². The Balaban J connectivity index is 1.36. The minimum atomic E-state index is -0.674. The van der Waals surface area contributed by atoms with Gasteiger partial charge in [0.1, 0.15) is 18.0 Å². The SMILES string of the molecule is COc1ccccc1N1CCN([C@@H]2[C@H](O)[C@H](CO)O[C@H]2CNC2CCN(C)CC2)CC1. The lowest BCUT2D eigenvalue weighted by Crippen LogP contribution is -2.58. The molecule has 3 fully saturated rings. The number of hydrogen-bond acceptors (Lipinski definition) is 8. The van der Waals surface area contributed by atoms with Gasteiger partial charge in [0.15, 0.2) is 0 Å². The van der Waals surface area contributed by atoms with Crippen molar-refractivity contribution in [1.29, 1.82) is 0 Å². The van der Waals surface area contributed by atoms with Crippen LogP contribution in [0.3, 0.4) is 0 Å². The van der Waals surface area contributed by atoms with E-state index in [0.29, 0.717) is 12.6 Å². The van der Waals surface area contributed by atoms with Crippen LogP contribution in [-0.4, -0.2) is 117 Å². The highest BCUT2D eigenvalue weighted by molar-refractivity contribution is 5.58. The van der Waals surface area contributed by atoms with E-state index in [1.54, 1.807) is 7.11 Å². The van der Waals surface area contributed by atoms with Crippen molar-refractivity contribution in [2.45, 2.75) is 43.2 Å². The summed E-state index contributed by atoms with van der Waals surface area (Å²) in [6.45, 7) is 6.19. The standard InChI is InChI=1S/C23H38N4O4/c1-25-9-7-17(8-10-25)24-15-20-22(23(29)21(16-28)31-20)27-13-11-26(12-14-27)18-5-3-4-6-19(18)30-2/h3-6,17,20-24,28-29H,7-16H2,1-2H3/t20-,21-,22-,23+/m0/s1. The molecule has 8 nitrogen and oxygen atoms in total. The number of benzene rings is 1. The Morgan fingerprint density at radius 3 is 2.45 bits per heavy atom. The van der Waals surface area contributed by atoms with Gasteiger partial charge in [0, 0.05) is 38.8 Å². The molecule has 4 rings (SSSR count). The van der Waals surface area contributed by atoms with Gasteiger partial charge >= 0.3 is 0 Å². The van der Waals surface area contributed by atoms with Crippen LogP contribution >= 0.6 is 0 Å². The Morgan fingerprint density at radius 2 is 1.77 bits per heavy atom. The molecule has 0 spiro atoms. The number of likely N-dealkylation sites (tertiary alicyclic amines) is 1. The van der Waals surface area contributed by atoms with Crippen molar-refractivity contribution >= 4 is 5.69 Å². The lowest BCUT2D eigenvalue weighted by Gasteiger charge is -2.41. The lowest BCUT2D eigenvalue weighted by molar-refractivity contribution is -0.0222. The zero-order chi connectivity index (χ0) is 21.8. The first-order chi connectivity index (χ1) is 15.1. The van der Waals surface area contributed by atoms with Crippen molar-refractivity contribution in [3.05, 3.63) is 24.3 Å². The predicted molar refractivity (Wildman–Crippen MR) is 121 cm³/mol. The number of piperidine rings is 1. The van der Waals surface area contributed by atoms with Crippen molar-refractivity contribution in [2.24, 2.45) is 0 Å². The summed E-state index contributed by atoms with van der Waals surface area (Å²) in [6.07, 6.45) is 0.966. The fourth-order valence-electron chi connectivity index (χ4n) is 5.24. The molecule has 174 valence electrons. The van der Waals surface area contributed by atoms with Gasteiger partial charge in [-0.2, -0.15) is 0 Å². The van der Waals surface area contributed by atoms with E-state index in [2.05, 4.69) is 33.1 Å². The Morgan fingerprint density at radius 1 is 1.06 bits per heavy atom. The van der Waals surface area contributed by atoms with Gasteiger partial charge in [-0.05, 0) is 45.1 Å². The maximum absolute atomic E-state index is 10.9. The molecule has 3 aliphatic heterocycles. The number of rotatable bonds is 7. The van der Waals surface area contributed by atoms with Gasteiger partial charge < -0.3 is 34.8 Å². The molecule has 3 saturated heterocycles. The van der Waals surface area contributed by atoms with Crippen molar-refractivity contribution in [3.63, 3.8) is 0 Å². The molecule has 31 heavy (non-hydrogen) atoms. The van der Waals surface area contributed by atoms with E-state index in [4.69, 9.17) is 9.47 Å². The highest BCUT2D eigenvalue weighted by Crippen LogP contribution is 2.31. The molecule has 0 radical (unpaired) electrons. The zero-order valence-electron chi connectivity index (χ0n) is 18.8. The molecule has 0 aliphatic carbocycles. The maximum atomic E-state index is 10.9. The van der Waals surface area contributed by atoms with E-state index >= 15 is 0 Å². The average Bonchev–Trinajstić information content (AvgIpc) is 3.14. The molecular weight excluding hydrogens is 396 g/mol. The molecule has 0 saturated carbocycles. The lowest BCUT2D eigenvalue weighted by atomic mass is 10.00. The molecule has 3 N–H and O–H groups in total. The van der Waals surface area contributed by atoms with Crippen LogP contribution in [0.4, 0.5) is 5.69 Å². The topological polar surface area (TPSA) is 80.7 Å². The fraction of sp³-hybridized carbons (Fsp3) is 0.739. The summed E-state index contributed by atoms with van der Waals surface area (Å²) in [7, 11) is 3.87. The normalized spacial score (nSPS) is 31.3. The highest BCUT2D eigenvalue weighted by atomic mass is 16.5. The number of methoxy groups -OCH3 is 1. The van der Waals surface area contributed by atoms with Crippen LogP contribution in [-0.2, 0) is 4.74 Å². The van der Waals surface area contributed by atoms with Gasteiger partial charge in [0.25, 0.3) is 0 Å². The molecule has 0 bridgehead atoms. The Labute approximate surface area is 185 Å². The molecule has 1 aromatic carbocycles. The molecule has 8 heteroatoms. The Hall–Kier alpha value is -1.42. The number of hydrogen-bond donors (Lipinski definition) is 3. The maximum Gasteiger partial charge on any atom is 0.142 e. The molecule has 3 heterocycles.